The summed E-state index contributed by atoms with van der Waals surface area (Å²) in [5.74, 6) is 1.16. The predicted molar refractivity (Wildman–Crippen MR) is 95.0 cm³/mol. The van der Waals surface area contributed by atoms with Gasteiger partial charge in [0.15, 0.2) is 0 Å². The maximum atomic E-state index is 10.1. The second-order valence-electron chi connectivity index (χ2n) is 7.69. The van der Waals surface area contributed by atoms with Crippen LogP contribution in [0.4, 0.5) is 5.82 Å². The maximum Gasteiger partial charge on any atom is 0.146 e. The molecular weight excluding hydrogens is 300 g/mol. The zero-order valence-electron chi connectivity index (χ0n) is 15.0. The van der Waals surface area contributed by atoms with Crippen LogP contribution >= 0.6 is 0 Å². The third-order valence-electron chi connectivity index (χ3n) is 5.92. The van der Waals surface area contributed by atoms with Crippen molar-refractivity contribution in [3.63, 3.8) is 0 Å². The van der Waals surface area contributed by atoms with Gasteiger partial charge >= 0.3 is 0 Å². The number of pyridine rings is 1. The number of aromatic nitrogens is 1. The molecule has 2 saturated heterocycles. The molecule has 2 atom stereocenters. The predicted octanol–water partition coefficient (Wildman–Crippen LogP) is 2.36. The Kier molecular flexibility index (Phi) is 4.80. The Morgan fingerprint density at radius 1 is 1.38 bits per heavy atom. The minimum atomic E-state index is 0.00592. The van der Waals surface area contributed by atoms with E-state index in [0.29, 0.717) is 17.5 Å². The van der Waals surface area contributed by atoms with Crippen LogP contribution in [0.2, 0.25) is 0 Å². The standard InChI is InChI=1S/C19H28N4O/c1-14(2)16-6-5-15(11-20)18(21-16)23-10-8-19(13-24)7-4-9-22(3)17(19)12-23/h5-6,14,17,24H,4,7-10,12-13H2,1-3H3/t17-,19-/m1/s1. The van der Waals surface area contributed by atoms with Gasteiger partial charge in [-0.25, -0.2) is 4.98 Å². The van der Waals surface area contributed by atoms with Crippen LogP contribution in [0.1, 0.15) is 50.3 Å². The quantitative estimate of drug-likeness (QED) is 0.923. The van der Waals surface area contributed by atoms with Crippen molar-refractivity contribution in [1.82, 2.24) is 9.88 Å². The molecule has 2 aliphatic heterocycles. The highest BCUT2D eigenvalue weighted by molar-refractivity contribution is 5.55. The molecule has 0 saturated carbocycles. The van der Waals surface area contributed by atoms with Crippen LogP contribution in [0.5, 0.6) is 0 Å². The fourth-order valence-corrected chi connectivity index (χ4v) is 4.32. The number of nitrogens with zero attached hydrogens (tertiary/aromatic N) is 4. The van der Waals surface area contributed by atoms with Crippen LogP contribution in [-0.2, 0) is 0 Å². The second kappa shape index (κ2) is 6.70. The van der Waals surface area contributed by atoms with Crippen LogP contribution in [0, 0.1) is 16.7 Å². The fourth-order valence-electron chi connectivity index (χ4n) is 4.32. The van der Waals surface area contributed by atoms with E-state index in [4.69, 9.17) is 4.98 Å². The smallest absolute Gasteiger partial charge is 0.146 e. The van der Waals surface area contributed by atoms with E-state index in [9.17, 15) is 10.4 Å². The second-order valence-corrected chi connectivity index (χ2v) is 7.69. The molecule has 3 heterocycles. The van der Waals surface area contributed by atoms with Gasteiger partial charge in [0.25, 0.3) is 0 Å². The SMILES string of the molecule is CC(C)c1ccc(C#N)c(N2CC[C@@]3(CO)CCCN(C)[C@@H]3C2)n1. The summed E-state index contributed by atoms with van der Waals surface area (Å²) >= 11 is 0. The van der Waals surface area contributed by atoms with Crippen molar-refractivity contribution in [3.05, 3.63) is 23.4 Å². The Morgan fingerprint density at radius 3 is 2.83 bits per heavy atom. The van der Waals surface area contributed by atoms with E-state index in [-0.39, 0.29) is 12.0 Å². The van der Waals surface area contributed by atoms with E-state index in [2.05, 4.69) is 36.8 Å². The molecule has 0 unspecified atom stereocenters. The molecule has 3 rings (SSSR count). The number of hydrogen-bond acceptors (Lipinski definition) is 5. The normalized spacial score (nSPS) is 27.8. The van der Waals surface area contributed by atoms with Gasteiger partial charge in [0.05, 0.1) is 12.2 Å². The number of anilines is 1. The molecule has 1 N–H and O–H groups in total. The van der Waals surface area contributed by atoms with Gasteiger partial charge in [-0.1, -0.05) is 13.8 Å². The van der Waals surface area contributed by atoms with Crippen molar-refractivity contribution < 1.29 is 5.11 Å². The molecule has 2 fully saturated rings. The number of aliphatic hydroxyl groups excluding tert-OH is 1. The maximum absolute atomic E-state index is 10.1. The number of aliphatic hydroxyl groups is 1. The highest BCUT2D eigenvalue weighted by Gasteiger charge is 2.46. The summed E-state index contributed by atoms with van der Waals surface area (Å²) < 4.78 is 0. The zero-order valence-corrected chi connectivity index (χ0v) is 15.0. The Labute approximate surface area is 144 Å². The van der Waals surface area contributed by atoms with Gasteiger partial charge in [0.2, 0.25) is 0 Å². The van der Waals surface area contributed by atoms with E-state index in [1.807, 2.05) is 12.1 Å². The number of rotatable bonds is 3. The van der Waals surface area contributed by atoms with Crippen LogP contribution in [0.3, 0.4) is 0 Å². The minimum absolute atomic E-state index is 0.00592. The monoisotopic (exact) mass is 328 g/mol. The first kappa shape index (κ1) is 17.2. The minimum Gasteiger partial charge on any atom is -0.396 e. The highest BCUT2D eigenvalue weighted by atomic mass is 16.3. The van der Waals surface area contributed by atoms with Crippen molar-refractivity contribution >= 4 is 5.82 Å². The summed E-state index contributed by atoms with van der Waals surface area (Å²) in [5, 5.41) is 19.5. The van der Waals surface area contributed by atoms with Gasteiger partial charge in [0, 0.05) is 30.2 Å². The van der Waals surface area contributed by atoms with E-state index < -0.39 is 0 Å². The zero-order chi connectivity index (χ0) is 17.3. The van der Waals surface area contributed by atoms with Crippen LogP contribution in [-0.4, -0.2) is 54.3 Å². The molecule has 0 aliphatic carbocycles. The third-order valence-corrected chi connectivity index (χ3v) is 5.92. The summed E-state index contributed by atoms with van der Waals surface area (Å²) in [7, 11) is 2.15. The lowest BCUT2D eigenvalue weighted by molar-refractivity contribution is -0.0277. The molecule has 0 amide bonds. The van der Waals surface area contributed by atoms with Gasteiger partial charge < -0.3 is 14.9 Å². The summed E-state index contributed by atoms with van der Waals surface area (Å²) in [6.45, 7) is 7.26. The lowest BCUT2D eigenvalue weighted by Crippen LogP contribution is -2.61. The summed E-state index contributed by atoms with van der Waals surface area (Å²) in [6.07, 6.45) is 3.20. The van der Waals surface area contributed by atoms with Crippen molar-refractivity contribution in [2.24, 2.45) is 5.41 Å². The molecule has 0 bridgehead atoms. The molecule has 1 aromatic heterocycles. The van der Waals surface area contributed by atoms with Crippen LogP contribution < -0.4 is 4.90 Å². The van der Waals surface area contributed by atoms with Gasteiger partial charge in [-0.15, -0.1) is 0 Å². The van der Waals surface area contributed by atoms with Crippen LogP contribution in [0.15, 0.2) is 12.1 Å². The van der Waals surface area contributed by atoms with Crippen molar-refractivity contribution in [2.45, 2.75) is 45.1 Å². The van der Waals surface area contributed by atoms with Gasteiger partial charge in [-0.2, -0.15) is 5.26 Å². The first-order valence-electron chi connectivity index (χ1n) is 8.98. The lowest BCUT2D eigenvalue weighted by atomic mass is 9.69. The Hall–Kier alpha value is -1.64. The Bertz CT molecular complexity index is 639. The number of likely N-dealkylation sites (N-methyl/N-ethyl adjacent to an activating group) is 1. The Balaban J connectivity index is 1.92. The summed E-state index contributed by atoms with van der Waals surface area (Å²) in [5.41, 5.74) is 1.68. The fraction of sp³-hybridized carbons (Fsp3) is 0.684. The molecule has 24 heavy (non-hydrogen) atoms. The van der Waals surface area contributed by atoms with Crippen LogP contribution in [0.25, 0.3) is 0 Å². The molecule has 0 radical (unpaired) electrons. The van der Waals surface area contributed by atoms with Crippen molar-refractivity contribution in [1.29, 1.82) is 5.26 Å². The van der Waals surface area contributed by atoms with E-state index >= 15 is 0 Å². The summed E-state index contributed by atoms with van der Waals surface area (Å²) in [4.78, 5) is 9.43. The summed E-state index contributed by atoms with van der Waals surface area (Å²) in [6, 6.07) is 6.48. The van der Waals surface area contributed by atoms with E-state index in [1.54, 1.807) is 0 Å². The van der Waals surface area contributed by atoms with E-state index in [0.717, 1.165) is 50.4 Å². The third kappa shape index (κ3) is 2.89. The number of hydrogen-bond donors (Lipinski definition) is 1. The molecular formula is C19H28N4O. The van der Waals surface area contributed by atoms with Gasteiger partial charge in [0.1, 0.15) is 11.9 Å². The largest absolute Gasteiger partial charge is 0.396 e. The molecule has 0 spiro atoms. The van der Waals surface area contributed by atoms with E-state index in [1.165, 1.54) is 0 Å². The topological polar surface area (TPSA) is 63.4 Å². The average Bonchev–Trinajstić information content (AvgIpc) is 2.61. The highest BCUT2D eigenvalue weighted by Crippen LogP contribution is 2.42. The molecule has 130 valence electrons. The molecule has 5 heteroatoms. The lowest BCUT2D eigenvalue weighted by Gasteiger charge is -2.53. The number of fused-ring (bicyclic) bond motifs is 1. The van der Waals surface area contributed by atoms with Crippen molar-refractivity contribution in [2.75, 3.05) is 38.2 Å². The van der Waals surface area contributed by atoms with Crippen molar-refractivity contribution in [3.8, 4) is 6.07 Å². The number of nitriles is 1. The molecule has 2 aliphatic rings. The molecule has 1 aromatic rings. The average molecular weight is 328 g/mol. The molecule has 0 aromatic carbocycles. The first-order chi connectivity index (χ1) is 11.5. The number of piperidine rings is 2. The Morgan fingerprint density at radius 2 is 2.17 bits per heavy atom. The van der Waals surface area contributed by atoms with Gasteiger partial charge in [-0.05, 0) is 50.9 Å². The number of likely N-dealkylation sites (tertiary alicyclic amines) is 1. The van der Waals surface area contributed by atoms with Gasteiger partial charge in [-0.3, -0.25) is 0 Å². The first-order valence-corrected chi connectivity index (χ1v) is 8.98. The molecule has 5 nitrogen and oxygen atoms in total.